The van der Waals surface area contributed by atoms with E-state index in [-0.39, 0.29) is 11.2 Å². The van der Waals surface area contributed by atoms with Crippen LogP contribution in [0.5, 0.6) is 5.75 Å². The van der Waals surface area contributed by atoms with E-state index in [4.69, 9.17) is 13.6 Å². The van der Waals surface area contributed by atoms with Gasteiger partial charge in [-0.05, 0) is 36.5 Å². The smallest absolute Gasteiger partial charge is 0.235 e. The average molecular weight is 306 g/mol. The Morgan fingerprint density at radius 3 is 3.00 bits per heavy atom. The van der Waals surface area contributed by atoms with E-state index >= 15 is 0 Å². The third-order valence-electron chi connectivity index (χ3n) is 4.79. The van der Waals surface area contributed by atoms with Gasteiger partial charge in [-0.3, -0.25) is 4.79 Å². The van der Waals surface area contributed by atoms with Crippen LogP contribution < -0.4 is 10.2 Å². The molecule has 0 saturated heterocycles. The highest BCUT2D eigenvalue weighted by molar-refractivity contribution is 6.02. The zero-order chi connectivity index (χ0) is 15.6. The first-order valence-corrected chi connectivity index (χ1v) is 7.67. The fraction of sp³-hybridized carbons (Fsp3) is 0.211. The molecular formula is C19H14O4. The van der Waals surface area contributed by atoms with Crippen molar-refractivity contribution < 1.29 is 13.6 Å². The molecule has 2 aromatic heterocycles. The van der Waals surface area contributed by atoms with Crippen LogP contribution in [0.25, 0.3) is 27.5 Å². The summed E-state index contributed by atoms with van der Waals surface area (Å²) in [6, 6.07) is 5.34. The van der Waals surface area contributed by atoms with E-state index in [9.17, 15) is 4.79 Å². The van der Waals surface area contributed by atoms with Gasteiger partial charge >= 0.3 is 0 Å². The first kappa shape index (κ1) is 12.8. The Labute approximate surface area is 131 Å². The number of allylic oxidation sites excluding steroid dienone is 4. The van der Waals surface area contributed by atoms with Gasteiger partial charge in [0.1, 0.15) is 11.2 Å². The summed E-state index contributed by atoms with van der Waals surface area (Å²) in [5.74, 6) is 1.83. The van der Waals surface area contributed by atoms with Crippen LogP contribution in [0.3, 0.4) is 0 Å². The number of methoxy groups -OCH3 is 1. The summed E-state index contributed by atoms with van der Waals surface area (Å²) in [4.78, 5) is 12.8. The number of benzene rings is 1. The highest BCUT2D eigenvalue weighted by Crippen LogP contribution is 2.52. The van der Waals surface area contributed by atoms with Crippen LogP contribution in [0.15, 0.2) is 56.3 Å². The van der Waals surface area contributed by atoms with Gasteiger partial charge in [0.15, 0.2) is 5.76 Å². The molecule has 2 atom stereocenters. The van der Waals surface area contributed by atoms with Gasteiger partial charge in [-0.25, -0.2) is 0 Å². The maximum absolute atomic E-state index is 12.8. The largest absolute Gasteiger partial charge is 0.490 e. The molecule has 0 spiro atoms. The Hall–Kier alpha value is -2.75. The lowest BCUT2D eigenvalue weighted by molar-refractivity contribution is 0.389. The second-order valence-electron chi connectivity index (χ2n) is 6.08. The minimum atomic E-state index is -0.139. The highest BCUT2D eigenvalue weighted by Gasteiger charge is 2.42. The molecule has 0 amide bonds. The van der Waals surface area contributed by atoms with Gasteiger partial charge in [0, 0.05) is 5.57 Å². The molecule has 4 nitrogen and oxygen atoms in total. The van der Waals surface area contributed by atoms with Crippen molar-refractivity contribution in [2.24, 2.45) is 11.8 Å². The quantitative estimate of drug-likeness (QED) is 0.714. The van der Waals surface area contributed by atoms with E-state index in [1.807, 2.05) is 18.2 Å². The molecule has 0 radical (unpaired) electrons. The number of hydrogen-bond acceptors (Lipinski definition) is 4. The van der Waals surface area contributed by atoms with Gasteiger partial charge in [-0.2, -0.15) is 0 Å². The van der Waals surface area contributed by atoms with Gasteiger partial charge in [0.05, 0.1) is 24.1 Å². The van der Waals surface area contributed by atoms with E-state index in [1.54, 1.807) is 18.4 Å². The molecule has 1 fully saturated rings. The summed E-state index contributed by atoms with van der Waals surface area (Å²) in [6.07, 6.45) is 8.96. The van der Waals surface area contributed by atoms with Crippen molar-refractivity contribution in [3.8, 4) is 5.75 Å². The average Bonchev–Trinajstić information content (AvgIpc) is 3.21. The highest BCUT2D eigenvalue weighted by atomic mass is 16.5. The molecule has 4 heteroatoms. The third-order valence-corrected chi connectivity index (χ3v) is 4.79. The molecule has 114 valence electrons. The molecule has 1 aromatic carbocycles. The Morgan fingerprint density at radius 2 is 2.13 bits per heavy atom. The van der Waals surface area contributed by atoms with Crippen LogP contribution >= 0.6 is 0 Å². The van der Waals surface area contributed by atoms with Gasteiger partial charge in [-0.1, -0.05) is 18.2 Å². The van der Waals surface area contributed by atoms with Crippen LogP contribution in [0.4, 0.5) is 0 Å². The maximum atomic E-state index is 12.8. The SMILES string of the molecule is COc1c(C2=CC=CC3CC23)oc2c(ccc3occc32)c1=O. The topological polar surface area (TPSA) is 52.6 Å². The first-order valence-electron chi connectivity index (χ1n) is 7.67. The van der Waals surface area contributed by atoms with Crippen molar-refractivity contribution >= 4 is 27.5 Å². The van der Waals surface area contributed by atoms with Gasteiger partial charge in [0.2, 0.25) is 11.2 Å². The Balaban J connectivity index is 1.89. The Bertz CT molecular complexity index is 1060. The lowest BCUT2D eigenvalue weighted by Gasteiger charge is -2.13. The fourth-order valence-corrected chi connectivity index (χ4v) is 3.51. The Morgan fingerprint density at radius 1 is 1.22 bits per heavy atom. The summed E-state index contributed by atoms with van der Waals surface area (Å²) >= 11 is 0. The minimum Gasteiger partial charge on any atom is -0.490 e. The van der Waals surface area contributed by atoms with Crippen molar-refractivity contribution in [2.45, 2.75) is 6.42 Å². The number of rotatable bonds is 2. The summed E-state index contributed by atoms with van der Waals surface area (Å²) < 4.78 is 17.0. The minimum absolute atomic E-state index is 0.139. The second-order valence-corrected chi connectivity index (χ2v) is 6.08. The number of hydrogen-bond donors (Lipinski definition) is 0. The van der Waals surface area contributed by atoms with Crippen LogP contribution in [0.1, 0.15) is 12.2 Å². The lowest BCUT2D eigenvalue weighted by Crippen LogP contribution is -2.10. The molecule has 0 aliphatic heterocycles. The van der Waals surface area contributed by atoms with Crippen molar-refractivity contribution in [3.63, 3.8) is 0 Å². The molecule has 5 rings (SSSR count). The standard InChI is InChI=1S/C19H14O4/c1-21-19-16(20)13-5-6-15-12(7-8-22-15)17(13)23-18(19)11-4-2-3-10-9-14(10)11/h2-8,10,14H,9H2,1H3. The molecule has 2 aliphatic carbocycles. The molecule has 0 N–H and O–H groups in total. The van der Waals surface area contributed by atoms with Crippen molar-refractivity contribution in [1.29, 1.82) is 0 Å². The van der Waals surface area contributed by atoms with Crippen LogP contribution in [0, 0.1) is 11.8 Å². The summed E-state index contributed by atoms with van der Waals surface area (Å²) in [5.41, 5.74) is 2.18. The zero-order valence-corrected chi connectivity index (χ0v) is 12.5. The maximum Gasteiger partial charge on any atom is 0.235 e. The molecular weight excluding hydrogens is 292 g/mol. The monoisotopic (exact) mass is 306 g/mol. The fourth-order valence-electron chi connectivity index (χ4n) is 3.51. The molecule has 0 bridgehead atoms. The lowest BCUT2D eigenvalue weighted by atomic mass is 10.0. The van der Waals surface area contributed by atoms with E-state index in [0.29, 0.717) is 34.1 Å². The van der Waals surface area contributed by atoms with Gasteiger partial charge in [-0.15, -0.1) is 0 Å². The Kier molecular flexibility index (Phi) is 2.43. The number of ether oxygens (including phenoxy) is 1. The zero-order valence-electron chi connectivity index (χ0n) is 12.5. The van der Waals surface area contributed by atoms with Gasteiger partial charge in [0.25, 0.3) is 0 Å². The van der Waals surface area contributed by atoms with Crippen molar-refractivity contribution in [2.75, 3.05) is 7.11 Å². The van der Waals surface area contributed by atoms with E-state index in [2.05, 4.69) is 6.08 Å². The second kappa shape index (κ2) is 4.38. The van der Waals surface area contributed by atoms with Crippen LogP contribution in [-0.4, -0.2) is 7.11 Å². The predicted molar refractivity (Wildman–Crippen MR) is 87.5 cm³/mol. The molecule has 23 heavy (non-hydrogen) atoms. The number of fused-ring (bicyclic) bond motifs is 4. The van der Waals surface area contributed by atoms with Gasteiger partial charge < -0.3 is 13.6 Å². The molecule has 1 saturated carbocycles. The normalized spacial score (nSPS) is 22.2. The van der Waals surface area contributed by atoms with Crippen LogP contribution in [-0.2, 0) is 0 Å². The molecule has 2 heterocycles. The summed E-state index contributed by atoms with van der Waals surface area (Å²) in [7, 11) is 1.52. The number of furan rings is 1. The summed E-state index contributed by atoms with van der Waals surface area (Å²) in [5, 5.41) is 1.32. The first-order chi connectivity index (χ1) is 11.3. The van der Waals surface area contributed by atoms with Crippen molar-refractivity contribution in [1.82, 2.24) is 0 Å². The molecule has 2 aliphatic rings. The van der Waals surface area contributed by atoms with E-state index in [0.717, 1.165) is 17.4 Å². The third kappa shape index (κ3) is 1.69. The predicted octanol–water partition coefficient (Wildman–Crippen LogP) is 4.14. The summed E-state index contributed by atoms with van der Waals surface area (Å²) in [6.45, 7) is 0. The molecule has 2 unspecified atom stereocenters. The van der Waals surface area contributed by atoms with Crippen LogP contribution in [0.2, 0.25) is 0 Å². The van der Waals surface area contributed by atoms with E-state index in [1.165, 1.54) is 7.11 Å². The molecule has 3 aromatic rings. The van der Waals surface area contributed by atoms with E-state index < -0.39 is 0 Å². The van der Waals surface area contributed by atoms with Crippen molar-refractivity contribution in [3.05, 3.63) is 58.7 Å².